The van der Waals surface area contributed by atoms with Crippen molar-refractivity contribution in [2.75, 3.05) is 5.32 Å². The summed E-state index contributed by atoms with van der Waals surface area (Å²) in [5, 5.41) is 5.46. The van der Waals surface area contributed by atoms with Gasteiger partial charge in [0.15, 0.2) is 0 Å². The van der Waals surface area contributed by atoms with Crippen molar-refractivity contribution in [1.82, 2.24) is 4.37 Å². The van der Waals surface area contributed by atoms with E-state index in [0.717, 1.165) is 6.04 Å². The lowest BCUT2D eigenvalue weighted by Gasteiger charge is -2.26. The fraction of sp³-hybridized carbons (Fsp3) is 0.571. The van der Waals surface area contributed by atoms with Gasteiger partial charge in [-0.25, -0.2) is 0 Å². The van der Waals surface area contributed by atoms with Gasteiger partial charge in [0, 0.05) is 11.4 Å². The average molecular weight is 154 g/mol. The van der Waals surface area contributed by atoms with Crippen LogP contribution < -0.4 is 5.32 Å². The summed E-state index contributed by atoms with van der Waals surface area (Å²) < 4.78 is 4.01. The molecule has 2 nitrogen and oxygen atoms in total. The van der Waals surface area contributed by atoms with Crippen LogP contribution >= 0.6 is 11.5 Å². The van der Waals surface area contributed by atoms with Gasteiger partial charge in [-0.05, 0) is 30.8 Å². The fourth-order valence-electron chi connectivity index (χ4n) is 1.06. The topological polar surface area (TPSA) is 24.9 Å². The van der Waals surface area contributed by atoms with Gasteiger partial charge in [-0.2, -0.15) is 4.37 Å². The van der Waals surface area contributed by atoms with Crippen LogP contribution in [0.2, 0.25) is 0 Å². The third-order valence-electron chi connectivity index (χ3n) is 1.91. The highest BCUT2D eigenvalue weighted by atomic mass is 32.1. The molecule has 0 atom stereocenters. The standard InChI is InChI=1S/C7H10N2S/c1-2-6(3-1)9-7-4-8-10-5-7/h4-6,9H,1-3H2. The number of aromatic nitrogens is 1. The maximum absolute atomic E-state index is 4.01. The molecule has 0 amide bonds. The Labute approximate surface area is 64.4 Å². The first kappa shape index (κ1) is 6.16. The van der Waals surface area contributed by atoms with Crippen LogP contribution in [-0.2, 0) is 0 Å². The number of rotatable bonds is 2. The maximum atomic E-state index is 4.01. The number of hydrogen-bond acceptors (Lipinski definition) is 3. The highest BCUT2D eigenvalue weighted by molar-refractivity contribution is 7.04. The van der Waals surface area contributed by atoms with Gasteiger partial charge in [-0.1, -0.05) is 0 Å². The summed E-state index contributed by atoms with van der Waals surface area (Å²) in [4.78, 5) is 0. The van der Waals surface area contributed by atoms with Crippen LogP contribution in [0.5, 0.6) is 0 Å². The number of anilines is 1. The van der Waals surface area contributed by atoms with E-state index in [-0.39, 0.29) is 0 Å². The molecule has 1 aromatic rings. The van der Waals surface area contributed by atoms with Crippen LogP contribution in [0.1, 0.15) is 19.3 Å². The maximum Gasteiger partial charge on any atom is 0.0655 e. The van der Waals surface area contributed by atoms with Gasteiger partial charge in [0.25, 0.3) is 0 Å². The van der Waals surface area contributed by atoms with Crippen LogP contribution in [-0.4, -0.2) is 10.4 Å². The lowest BCUT2D eigenvalue weighted by Crippen LogP contribution is -2.26. The summed E-state index contributed by atoms with van der Waals surface area (Å²) in [6.45, 7) is 0. The fourth-order valence-corrected chi connectivity index (χ4v) is 1.54. The SMILES string of the molecule is c1nscc1NC1CCC1. The third kappa shape index (κ3) is 1.14. The van der Waals surface area contributed by atoms with Crippen molar-refractivity contribution in [3.05, 3.63) is 11.6 Å². The van der Waals surface area contributed by atoms with Crippen LogP contribution in [0.4, 0.5) is 5.69 Å². The zero-order valence-electron chi connectivity index (χ0n) is 5.71. The number of nitrogens with zero attached hydrogens (tertiary/aromatic N) is 1. The average Bonchev–Trinajstić information content (AvgIpc) is 2.29. The highest BCUT2D eigenvalue weighted by Gasteiger charge is 2.16. The smallest absolute Gasteiger partial charge is 0.0655 e. The molecule has 0 aromatic carbocycles. The first-order valence-corrected chi connectivity index (χ1v) is 4.45. The van der Waals surface area contributed by atoms with Crippen molar-refractivity contribution in [2.24, 2.45) is 0 Å². The number of hydrogen-bond donors (Lipinski definition) is 1. The Morgan fingerprint density at radius 2 is 2.50 bits per heavy atom. The van der Waals surface area contributed by atoms with Crippen molar-refractivity contribution < 1.29 is 0 Å². The predicted molar refractivity (Wildman–Crippen MR) is 43.4 cm³/mol. The molecule has 0 spiro atoms. The molecule has 3 heteroatoms. The summed E-state index contributed by atoms with van der Waals surface area (Å²) in [6, 6.07) is 0.733. The van der Waals surface area contributed by atoms with Crippen LogP contribution in [0.25, 0.3) is 0 Å². The van der Waals surface area contributed by atoms with E-state index in [1.807, 2.05) is 6.20 Å². The number of nitrogens with one attached hydrogen (secondary N) is 1. The summed E-state index contributed by atoms with van der Waals surface area (Å²) in [6.07, 6.45) is 5.93. The van der Waals surface area contributed by atoms with Gasteiger partial charge in [0.05, 0.1) is 11.9 Å². The third-order valence-corrected chi connectivity index (χ3v) is 2.49. The Hall–Kier alpha value is -0.570. The predicted octanol–water partition coefficient (Wildman–Crippen LogP) is 2.11. The van der Waals surface area contributed by atoms with E-state index in [1.165, 1.54) is 36.5 Å². The van der Waals surface area contributed by atoms with E-state index < -0.39 is 0 Å². The van der Waals surface area contributed by atoms with Gasteiger partial charge in [0.2, 0.25) is 0 Å². The van der Waals surface area contributed by atoms with Gasteiger partial charge in [-0.15, -0.1) is 0 Å². The quantitative estimate of drug-likeness (QED) is 0.705. The van der Waals surface area contributed by atoms with Crippen molar-refractivity contribution in [3.63, 3.8) is 0 Å². The highest BCUT2D eigenvalue weighted by Crippen LogP contribution is 2.23. The molecule has 1 saturated carbocycles. The van der Waals surface area contributed by atoms with E-state index in [2.05, 4.69) is 15.1 Å². The molecule has 1 N–H and O–H groups in total. The molecular formula is C7H10N2S. The minimum absolute atomic E-state index is 0.733. The van der Waals surface area contributed by atoms with Crippen LogP contribution in [0.3, 0.4) is 0 Å². The molecular weight excluding hydrogens is 144 g/mol. The normalized spacial score (nSPS) is 18.4. The molecule has 1 heterocycles. The lowest BCUT2D eigenvalue weighted by molar-refractivity contribution is 0.445. The first-order chi connectivity index (χ1) is 4.95. The summed E-state index contributed by atoms with van der Waals surface area (Å²) >= 11 is 1.50. The summed E-state index contributed by atoms with van der Waals surface area (Å²) in [5.41, 5.74) is 1.19. The van der Waals surface area contributed by atoms with Gasteiger partial charge < -0.3 is 5.32 Å². The van der Waals surface area contributed by atoms with Crippen molar-refractivity contribution in [1.29, 1.82) is 0 Å². The van der Waals surface area contributed by atoms with E-state index in [4.69, 9.17) is 0 Å². The Balaban J connectivity index is 1.90. The minimum atomic E-state index is 0.733. The molecule has 10 heavy (non-hydrogen) atoms. The molecule has 0 saturated heterocycles. The van der Waals surface area contributed by atoms with Crippen molar-refractivity contribution in [2.45, 2.75) is 25.3 Å². The second kappa shape index (κ2) is 2.58. The molecule has 54 valence electrons. The molecule has 1 aliphatic carbocycles. The largest absolute Gasteiger partial charge is 0.380 e. The van der Waals surface area contributed by atoms with E-state index in [9.17, 15) is 0 Å². The molecule has 0 unspecified atom stereocenters. The minimum Gasteiger partial charge on any atom is -0.380 e. The van der Waals surface area contributed by atoms with Gasteiger partial charge in [0.1, 0.15) is 0 Å². The van der Waals surface area contributed by atoms with Crippen LogP contribution in [0.15, 0.2) is 11.6 Å². The second-order valence-electron chi connectivity index (χ2n) is 2.69. The molecule has 2 rings (SSSR count). The summed E-state index contributed by atoms with van der Waals surface area (Å²) in [7, 11) is 0. The molecule has 0 radical (unpaired) electrons. The Kier molecular flexibility index (Phi) is 1.59. The second-order valence-corrected chi connectivity index (χ2v) is 3.34. The van der Waals surface area contributed by atoms with Crippen molar-refractivity contribution >= 4 is 17.2 Å². The zero-order valence-corrected chi connectivity index (χ0v) is 6.53. The Bertz CT molecular complexity index is 191. The lowest BCUT2D eigenvalue weighted by atomic mass is 9.93. The van der Waals surface area contributed by atoms with Gasteiger partial charge >= 0.3 is 0 Å². The Morgan fingerprint density at radius 1 is 1.60 bits per heavy atom. The summed E-state index contributed by atoms with van der Waals surface area (Å²) in [5.74, 6) is 0. The Morgan fingerprint density at radius 3 is 3.00 bits per heavy atom. The van der Waals surface area contributed by atoms with Crippen LogP contribution in [0, 0.1) is 0 Å². The van der Waals surface area contributed by atoms with Gasteiger partial charge in [-0.3, -0.25) is 0 Å². The molecule has 0 aliphatic heterocycles. The molecule has 1 fully saturated rings. The first-order valence-electron chi connectivity index (χ1n) is 3.61. The molecule has 1 aliphatic rings. The molecule has 1 aromatic heterocycles. The zero-order chi connectivity index (χ0) is 6.81. The van der Waals surface area contributed by atoms with Crippen molar-refractivity contribution in [3.8, 4) is 0 Å². The molecule has 0 bridgehead atoms. The van der Waals surface area contributed by atoms with E-state index in [1.54, 1.807) is 0 Å². The van der Waals surface area contributed by atoms with E-state index in [0.29, 0.717) is 0 Å². The van der Waals surface area contributed by atoms with E-state index >= 15 is 0 Å². The monoisotopic (exact) mass is 154 g/mol.